The summed E-state index contributed by atoms with van der Waals surface area (Å²) in [6.45, 7) is 4.71. The summed E-state index contributed by atoms with van der Waals surface area (Å²) in [6.07, 6.45) is 3.04. The Hall–Kier alpha value is -3.37. The van der Waals surface area contributed by atoms with Crippen LogP contribution in [-0.2, 0) is 20.9 Å². The summed E-state index contributed by atoms with van der Waals surface area (Å²) in [5.74, 6) is -0.243. The number of rotatable bonds is 9. The Morgan fingerprint density at radius 1 is 1.05 bits per heavy atom. The van der Waals surface area contributed by atoms with Crippen LogP contribution in [0, 0.1) is 0 Å². The summed E-state index contributed by atoms with van der Waals surface area (Å²) < 4.78 is 1.57. The first-order valence-electron chi connectivity index (χ1n) is 14.1. The summed E-state index contributed by atoms with van der Waals surface area (Å²) in [6, 6.07) is 14.3. The van der Waals surface area contributed by atoms with E-state index in [0.717, 1.165) is 31.5 Å². The van der Waals surface area contributed by atoms with Gasteiger partial charge in [-0.3, -0.25) is 23.7 Å². The van der Waals surface area contributed by atoms with E-state index in [-0.39, 0.29) is 42.2 Å². The Labute approximate surface area is 248 Å². The molecule has 0 radical (unpaired) electrons. The second kappa shape index (κ2) is 13.1. The summed E-state index contributed by atoms with van der Waals surface area (Å²) >= 11 is 7.39. The Morgan fingerprint density at radius 2 is 1.80 bits per heavy atom. The molecule has 5 rings (SSSR count). The number of likely N-dealkylation sites (tertiary alicyclic amines) is 2. The van der Waals surface area contributed by atoms with Gasteiger partial charge in [-0.1, -0.05) is 53.7 Å². The first-order chi connectivity index (χ1) is 19.8. The van der Waals surface area contributed by atoms with Crippen molar-refractivity contribution >= 4 is 52.0 Å². The molecule has 216 valence electrons. The zero-order valence-corrected chi connectivity index (χ0v) is 24.6. The fourth-order valence-electron chi connectivity index (χ4n) is 5.42. The van der Waals surface area contributed by atoms with Crippen molar-refractivity contribution in [1.82, 2.24) is 24.7 Å². The highest BCUT2D eigenvalue weighted by molar-refractivity contribution is 8.00. The molecule has 1 aromatic heterocycles. The highest BCUT2D eigenvalue weighted by Crippen LogP contribution is 2.37. The maximum absolute atomic E-state index is 13.9. The average molecular weight is 596 g/mol. The number of hydrogen-bond donors (Lipinski definition) is 1. The average Bonchev–Trinajstić information content (AvgIpc) is 3.68. The number of carbonyl (C=O) groups excluding carboxylic acids is 3. The van der Waals surface area contributed by atoms with E-state index >= 15 is 0 Å². The molecule has 3 amide bonds. The van der Waals surface area contributed by atoms with Gasteiger partial charge in [-0.15, -0.1) is 0 Å². The fraction of sp³-hybridized carbons (Fsp3) is 0.433. The molecule has 2 aliphatic rings. The number of carbonyl (C=O) groups is 3. The molecule has 1 N–H and O–H groups in total. The Kier molecular flexibility index (Phi) is 9.29. The molecule has 0 aliphatic carbocycles. The quantitative estimate of drug-likeness (QED) is 0.296. The van der Waals surface area contributed by atoms with Crippen molar-refractivity contribution in [3.63, 3.8) is 0 Å². The number of aromatic nitrogens is 2. The molecule has 2 aromatic carbocycles. The van der Waals surface area contributed by atoms with Crippen LogP contribution >= 0.6 is 23.4 Å². The lowest BCUT2D eigenvalue weighted by Gasteiger charge is -2.24. The molecule has 9 nitrogen and oxygen atoms in total. The molecular weight excluding hydrogens is 562 g/mol. The second-order valence-corrected chi connectivity index (χ2v) is 11.9. The monoisotopic (exact) mass is 595 g/mol. The normalized spacial score (nSPS) is 17.7. The lowest BCUT2D eigenvalue weighted by atomic mass is 10.1. The van der Waals surface area contributed by atoms with E-state index in [1.54, 1.807) is 27.7 Å². The van der Waals surface area contributed by atoms with Gasteiger partial charge in [0.1, 0.15) is 5.25 Å². The van der Waals surface area contributed by atoms with Crippen LogP contribution in [0.4, 0.5) is 0 Å². The van der Waals surface area contributed by atoms with Crippen molar-refractivity contribution in [3.05, 3.63) is 69.5 Å². The van der Waals surface area contributed by atoms with E-state index in [9.17, 15) is 19.2 Å². The SMILES string of the molecule is CCn1c(SC(C(=O)N2CC[C@H](NC(=O)CCC(=O)N3CCCC3)C2)c2ccccc2)nc2ccc(Cl)cc2c1=O. The number of nitrogens with zero attached hydrogens (tertiary/aromatic N) is 4. The van der Waals surface area contributed by atoms with Crippen molar-refractivity contribution in [3.8, 4) is 0 Å². The second-order valence-electron chi connectivity index (χ2n) is 10.4. The number of halogens is 1. The van der Waals surface area contributed by atoms with Crippen LogP contribution in [0.3, 0.4) is 0 Å². The third kappa shape index (κ3) is 6.76. The van der Waals surface area contributed by atoms with Crippen LogP contribution < -0.4 is 10.9 Å². The van der Waals surface area contributed by atoms with Crippen LogP contribution in [0.2, 0.25) is 5.02 Å². The van der Waals surface area contributed by atoms with E-state index in [0.29, 0.717) is 47.1 Å². The van der Waals surface area contributed by atoms with Gasteiger partial charge in [-0.2, -0.15) is 0 Å². The molecule has 0 spiro atoms. The highest BCUT2D eigenvalue weighted by Gasteiger charge is 2.34. The number of hydrogen-bond acceptors (Lipinski definition) is 6. The minimum atomic E-state index is -0.627. The van der Waals surface area contributed by atoms with Crippen LogP contribution in [0.15, 0.2) is 58.5 Å². The predicted octanol–water partition coefficient (Wildman–Crippen LogP) is 4.02. The first kappa shape index (κ1) is 29.1. The van der Waals surface area contributed by atoms with E-state index in [1.807, 2.05) is 42.2 Å². The summed E-state index contributed by atoms with van der Waals surface area (Å²) in [5, 5.41) is 3.74. The molecule has 3 heterocycles. The zero-order valence-electron chi connectivity index (χ0n) is 23.1. The molecule has 3 aromatic rings. The van der Waals surface area contributed by atoms with Gasteiger partial charge in [-0.05, 0) is 49.9 Å². The van der Waals surface area contributed by atoms with Gasteiger partial charge in [-0.25, -0.2) is 4.98 Å². The van der Waals surface area contributed by atoms with E-state index in [4.69, 9.17) is 16.6 Å². The van der Waals surface area contributed by atoms with Gasteiger partial charge in [0, 0.05) is 56.6 Å². The van der Waals surface area contributed by atoms with E-state index in [1.165, 1.54) is 11.8 Å². The summed E-state index contributed by atoms with van der Waals surface area (Å²) in [7, 11) is 0. The highest BCUT2D eigenvalue weighted by atomic mass is 35.5. The Morgan fingerprint density at radius 3 is 2.54 bits per heavy atom. The van der Waals surface area contributed by atoms with Crippen LogP contribution in [0.25, 0.3) is 10.9 Å². The van der Waals surface area contributed by atoms with Gasteiger partial charge in [0.15, 0.2) is 5.16 Å². The Bertz CT molecular complexity index is 1490. The number of thioether (sulfide) groups is 1. The van der Waals surface area contributed by atoms with Crippen LogP contribution in [-0.4, -0.2) is 69.3 Å². The summed E-state index contributed by atoms with van der Waals surface area (Å²) in [4.78, 5) is 60.4. The standard InChI is InChI=1S/C30H34ClN5O4S/c1-2-36-28(39)23-18-21(31)10-11-24(23)33-30(36)41-27(20-8-4-3-5-9-20)29(40)35-17-14-22(19-35)32-25(37)12-13-26(38)34-15-6-7-16-34/h3-5,8-11,18,22,27H,2,6-7,12-17,19H2,1H3,(H,32,37)/t22-,27?/m0/s1. The fourth-order valence-corrected chi connectivity index (χ4v) is 6.84. The van der Waals surface area contributed by atoms with Gasteiger partial charge >= 0.3 is 0 Å². The minimum absolute atomic E-state index is 0.0274. The number of benzene rings is 2. The van der Waals surface area contributed by atoms with Gasteiger partial charge in [0.05, 0.1) is 10.9 Å². The predicted molar refractivity (Wildman–Crippen MR) is 160 cm³/mol. The van der Waals surface area contributed by atoms with Crippen molar-refractivity contribution in [2.45, 2.75) is 62.0 Å². The van der Waals surface area contributed by atoms with Gasteiger partial charge < -0.3 is 15.1 Å². The lowest BCUT2D eigenvalue weighted by molar-refractivity contribution is -0.132. The van der Waals surface area contributed by atoms with Crippen molar-refractivity contribution in [2.24, 2.45) is 0 Å². The summed E-state index contributed by atoms with van der Waals surface area (Å²) in [5.41, 5.74) is 1.13. The number of amides is 3. The maximum Gasteiger partial charge on any atom is 0.262 e. The molecular formula is C30H34ClN5O4S. The largest absolute Gasteiger partial charge is 0.352 e. The molecule has 0 saturated carbocycles. The number of nitrogens with one attached hydrogen (secondary N) is 1. The molecule has 2 atom stereocenters. The molecule has 2 saturated heterocycles. The lowest BCUT2D eigenvalue weighted by Crippen LogP contribution is -2.40. The zero-order chi connectivity index (χ0) is 28.9. The van der Waals surface area contributed by atoms with Crippen LogP contribution in [0.5, 0.6) is 0 Å². The molecule has 2 fully saturated rings. The molecule has 0 bridgehead atoms. The van der Waals surface area contributed by atoms with Crippen molar-refractivity contribution in [2.75, 3.05) is 26.2 Å². The third-order valence-corrected chi connectivity index (χ3v) is 9.10. The maximum atomic E-state index is 13.9. The Balaban J connectivity index is 1.29. The minimum Gasteiger partial charge on any atom is -0.352 e. The van der Waals surface area contributed by atoms with E-state index < -0.39 is 5.25 Å². The van der Waals surface area contributed by atoms with Crippen molar-refractivity contribution in [1.29, 1.82) is 0 Å². The molecule has 11 heteroatoms. The topological polar surface area (TPSA) is 105 Å². The molecule has 1 unspecified atom stereocenters. The molecule has 41 heavy (non-hydrogen) atoms. The van der Waals surface area contributed by atoms with Gasteiger partial charge in [0.2, 0.25) is 17.7 Å². The van der Waals surface area contributed by atoms with E-state index in [2.05, 4.69) is 5.32 Å². The van der Waals surface area contributed by atoms with Gasteiger partial charge in [0.25, 0.3) is 5.56 Å². The number of fused-ring (bicyclic) bond motifs is 1. The first-order valence-corrected chi connectivity index (χ1v) is 15.4. The smallest absolute Gasteiger partial charge is 0.262 e. The third-order valence-electron chi connectivity index (χ3n) is 7.64. The van der Waals surface area contributed by atoms with Crippen LogP contribution in [0.1, 0.15) is 49.8 Å². The molecule has 2 aliphatic heterocycles. The van der Waals surface area contributed by atoms with Crippen molar-refractivity contribution < 1.29 is 14.4 Å².